The van der Waals surface area contributed by atoms with Crippen molar-refractivity contribution in [3.05, 3.63) is 34.6 Å². The zero-order chi connectivity index (χ0) is 13.2. The van der Waals surface area contributed by atoms with Crippen molar-refractivity contribution in [3.63, 3.8) is 0 Å². The molecule has 1 N–H and O–H groups in total. The predicted molar refractivity (Wildman–Crippen MR) is 74.0 cm³/mol. The highest BCUT2D eigenvalue weighted by atomic mass is 35.5. The van der Waals surface area contributed by atoms with Gasteiger partial charge in [0.1, 0.15) is 5.82 Å². The van der Waals surface area contributed by atoms with Crippen LogP contribution in [0.4, 0.5) is 4.39 Å². The Morgan fingerprint density at radius 2 is 2.16 bits per heavy atom. The predicted octanol–water partition coefficient (Wildman–Crippen LogP) is 3.18. The summed E-state index contributed by atoms with van der Waals surface area (Å²) in [6.45, 7) is 1.49. The Morgan fingerprint density at radius 3 is 2.89 bits per heavy atom. The lowest BCUT2D eigenvalue weighted by molar-refractivity contribution is 0.0314. The molecule has 1 heterocycles. The van der Waals surface area contributed by atoms with Gasteiger partial charge in [0.05, 0.1) is 6.61 Å². The Bertz CT molecular complexity index is 430. The Balaban J connectivity index is 1.71. The summed E-state index contributed by atoms with van der Waals surface area (Å²) in [6.07, 6.45) is 4.19. The molecule has 0 amide bonds. The molecule has 1 aliphatic heterocycles. The van der Waals surface area contributed by atoms with Crippen LogP contribution >= 0.6 is 11.6 Å². The maximum Gasteiger partial charge on any atom is 0.127 e. The highest BCUT2D eigenvalue weighted by molar-refractivity contribution is 6.31. The molecule has 0 spiro atoms. The molecular weight excluding hydrogens is 265 g/mol. The van der Waals surface area contributed by atoms with Gasteiger partial charge in [0.25, 0.3) is 0 Å². The zero-order valence-electron chi connectivity index (χ0n) is 10.9. The van der Waals surface area contributed by atoms with Crippen LogP contribution in [-0.4, -0.2) is 25.3 Å². The van der Waals surface area contributed by atoms with Gasteiger partial charge in [-0.2, -0.15) is 0 Å². The Kier molecular flexibility index (Phi) is 4.06. The second-order valence-corrected chi connectivity index (χ2v) is 5.98. The fraction of sp³-hybridized carbons (Fsp3) is 0.600. The monoisotopic (exact) mass is 283 g/mol. The third-order valence-corrected chi connectivity index (χ3v) is 4.38. The summed E-state index contributed by atoms with van der Waals surface area (Å²) in [7, 11) is 0. The van der Waals surface area contributed by atoms with E-state index in [9.17, 15) is 4.39 Å². The molecule has 0 bridgehead atoms. The lowest BCUT2D eigenvalue weighted by Gasteiger charge is -2.32. The highest BCUT2D eigenvalue weighted by Gasteiger charge is 2.32. The minimum absolute atomic E-state index is 0.205. The molecule has 1 aromatic rings. The molecule has 2 fully saturated rings. The van der Waals surface area contributed by atoms with Gasteiger partial charge in [-0.25, -0.2) is 4.39 Å². The van der Waals surface area contributed by atoms with Gasteiger partial charge in [-0.3, -0.25) is 0 Å². The first-order valence-corrected chi connectivity index (χ1v) is 7.38. The molecule has 1 saturated heterocycles. The Morgan fingerprint density at radius 1 is 1.32 bits per heavy atom. The standard InChI is InChI=1S/C15H19ClFNO/c16-13-2-1-3-14(17)12(13)8-10-9-19-7-6-15(10)18-11-4-5-11/h1-3,10-11,15,18H,4-9H2/t10-,15+/m1/s1. The second-order valence-electron chi connectivity index (χ2n) is 5.58. The van der Waals surface area contributed by atoms with Crippen molar-refractivity contribution in [3.8, 4) is 0 Å². The minimum atomic E-state index is -0.205. The highest BCUT2D eigenvalue weighted by Crippen LogP contribution is 2.28. The Hall–Kier alpha value is -0.640. The van der Waals surface area contributed by atoms with E-state index in [1.807, 2.05) is 0 Å². The van der Waals surface area contributed by atoms with Crippen molar-refractivity contribution >= 4 is 11.6 Å². The number of hydrogen-bond donors (Lipinski definition) is 1. The largest absolute Gasteiger partial charge is 0.381 e. The van der Waals surface area contributed by atoms with E-state index in [1.165, 1.54) is 18.9 Å². The van der Waals surface area contributed by atoms with Crippen molar-refractivity contribution in [2.45, 2.75) is 37.8 Å². The van der Waals surface area contributed by atoms with E-state index in [0.717, 1.165) is 13.0 Å². The molecule has 0 aromatic heterocycles. The number of hydrogen-bond acceptors (Lipinski definition) is 2. The molecule has 2 aliphatic rings. The number of nitrogens with one attached hydrogen (secondary N) is 1. The molecule has 0 unspecified atom stereocenters. The molecular formula is C15H19ClFNO. The van der Waals surface area contributed by atoms with Crippen LogP contribution in [0.3, 0.4) is 0 Å². The fourth-order valence-corrected chi connectivity index (χ4v) is 3.00. The van der Waals surface area contributed by atoms with E-state index in [2.05, 4.69) is 5.32 Å². The first kappa shape index (κ1) is 13.3. The van der Waals surface area contributed by atoms with Gasteiger partial charge in [-0.05, 0) is 37.8 Å². The summed E-state index contributed by atoms with van der Waals surface area (Å²) in [4.78, 5) is 0. The fourth-order valence-electron chi connectivity index (χ4n) is 2.76. The zero-order valence-corrected chi connectivity index (χ0v) is 11.6. The maximum absolute atomic E-state index is 13.9. The van der Waals surface area contributed by atoms with Crippen LogP contribution < -0.4 is 5.32 Å². The quantitative estimate of drug-likeness (QED) is 0.916. The van der Waals surface area contributed by atoms with Gasteiger partial charge < -0.3 is 10.1 Å². The summed E-state index contributed by atoms with van der Waals surface area (Å²) >= 11 is 6.11. The van der Waals surface area contributed by atoms with Crippen molar-refractivity contribution in [1.82, 2.24) is 5.32 Å². The van der Waals surface area contributed by atoms with E-state index in [4.69, 9.17) is 16.3 Å². The summed E-state index contributed by atoms with van der Waals surface area (Å²) < 4.78 is 19.4. The van der Waals surface area contributed by atoms with Gasteiger partial charge in [0.2, 0.25) is 0 Å². The van der Waals surface area contributed by atoms with Gasteiger partial charge in [0.15, 0.2) is 0 Å². The number of benzene rings is 1. The summed E-state index contributed by atoms with van der Waals surface area (Å²) in [5.41, 5.74) is 0.627. The molecule has 104 valence electrons. The van der Waals surface area contributed by atoms with Gasteiger partial charge in [0, 0.05) is 35.2 Å². The van der Waals surface area contributed by atoms with Crippen molar-refractivity contribution < 1.29 is 9.13 Å². The van der Waals surface area contributed by atoms with Crippen LogP contribution in [0.1, 0.15) is 24.8 Å². The van der Waals surface area contributed by atoms with Crippen LogP contribution in [0.15, 0.2) is 18.2 Å². The van der Waals surface area contributed by atoms with Gasteiger partial charge in [-0.1, -0.05) is 17.7 Å². The van der Waals surface area contributed by atoms with E-state index in [0.29, 0.717) is 41.6 Å². The van der Waals surface area contributed by atoms with E-state index < -0.39 is 0 Å². The molecule has 2 atom stereocenters. The first-order chi connectivity index (χ1) is 9.24. The smallest absolute Gasteiger partial charge is 0.127 e. The summed E-state index contributed by atoms with van der Waals surface area (Å²) in [5.74, 6) is 0.104. The second kappa shape index (κ2) is 5.78. The van der Waals surface area contributed by atoms with Crippen molar-refractivity contribution in [2.75, 3.05) is 13.2 Å². The molecule has 1 saturated carbocycles. The Labute approximate surface area is 118 Å². The lowest BCUT2D eigenvalue weighted by atomic mass is 9.89. The van der Waals surface area contributed by atoms with Crippen LogP contribution in [0.5, 0.6) is 0 Å². The van der Waals surface area contributed by atoms with E-state index >= 15 is 0 Å². The average molecular weight is 284 g/mol. The third kappa shape index (κ3) is 3.28. The van der Waals surface area contributed by atoms with Crippen LogP contribution in [0.25, 0.3) is 0 Å². The van der Waals surface area contributed by atoms with Crippen LogP contribution in [0.2, 0.25) is 5.02 Å². The molecule has 4 heteroatoms. The molecule has 0 radical (unpaired) electrons. The SMILES string of the molecule is Fc1cccc(Cl)c1C[C@@H]1COCC[C@@H]1NC1CC1. The molecule has 2 nitrogen and oxygen atoms in total. The first-order valence-electron chi connectivity index (χ1n) is 7.00. The van der Waals surface area contributed by atoms with Crippen LogP contribution in [0, 0.1) is 11.7 Å². The third-order valence-electron chi connectivity index (χ3n) is 4.03. The number of rotatable bonds is 4. The number of halogens is 2. The van der Waals surface area contributed by atoms with Crippen molar-refractivity contribution in [1.29, 1.82) is 0 Å². The topological polar surface area (TPSA) is 21.3 Å². The lowest BCUT2D eigenvalue weighted by Crippen LogP contribution is -2.44. The summed E-state index contributed by atoms with van der Waals surface area (Å²) in [5, 5.41) is 4.18. The van der Waals surface area contributed by atoms with Gasteiger partial charge >= 0.3 is 0 Å². The van der Waals surface area contributed by atoms with Crippen molar-refractivity contribution in [2.24, 2.45) is 5.92 Å². The normalized spacial score (nSPS) is 27.5. The molecule has 3 rings (SSSR count). The van der Waals surface area contributed by atoms with E-state index in [1.54, 1.807) is 12.1 Å². The minimum Gasteiger partial charge on any atom is -0.381 e. The maximum atomic E-state index is 13.9. The average Bonchev–Trinajstić information content (AvgIpc) is 3.20. The number of ether oxygens (including phenoxy) is 1. The van der Waals surface area contributed by atoms with E-state index in [-0.39, 0.29) is 5.82 Å². The van der Waals surface area contributed by atoms with Gasteiger partial charge in [-0.15, -0.1) is 0 Å². The van der Waals surface area contributed by atoms with Crippen LogP contribution in [-0.2, 0) is 11.2 Å². The molecule has 1 aliphatic carbocycles. The molecule has 19 heavy (non-hydrogen) atoms. The summed E-state index contributed by atoms with van der Waals surface area (Å²) in [6, 6.07) is 5.98. The molecule has 1 aromatic carbocycles.